The van der Waals surface area contributed by atoms with Crippen LogP contribution >= 0.6 is 11.3 Å². The summed E-state index contributed by atoms with van der Waals surface area (Å²) in [5.74, 6) is 0.479. The molecule has 4 nitrogen and oxygen atoms in total. The van der Waals surface area contributed by atoms with Gasteiger partial charge in [-0.05, 0) is 12.1 Å². The fraction of sp³-hybridized carbons (Fsp3) is 0.357. The molecule has 120 valence electrons. The average molecular weight is 332 g/mol. The van der Waals surface area contributed by atoms with Crippen LogP contribution in [0, 0.1) is 0 Å². The van der Waals surface area contributed by atoms with Crippen LogP contribution in [0.5, 0.6) is 5.75 Å². The minimum absolute atomic E-state index is 0.0373. The summed E-state index contributed by atoms with van der Waals surface area (Å²) in [7, 11) is 0. The van der Waals surface area contributed by atoms with Crippen LogP contribution in [0.4, 0.5) is 13.2 Å². The van der Waals surface area contributed by atoms with Gasteiger partial charge < -0.3 is 15.2 Å². The Morgan fingerprint density at radius 2 is 2.00 bits per heavy atom. The van der Waals surface area contributed by atoms with Crippen molar-refractivity contribution in [1.29, 1.82) is 0 Å². The topological polar surface area (TPSA) is 54.4 Å². The van der Waals surface area contributed by atoms with Crippen molar-refractivity contribution in [3.05, 3.63) is 34.7 Å². The van der Waals surface area contributed by atoms with Gasteiger partial charge in [-0.3, -0.25) is 0 Å². The summed E-state index contributed by atoms with van der Waals surface area (Å²) in [5, 5.41) is 12.1. The van der Waals surface area contributed by atoms with Gasteiger partial charge in [0, 0.05) is 24.0 Å². The van der Waals surface area contributed by atoms with E-state index >= 15 is 0 Å². The first-order valence-corrected chi connectivity index (χ1v) is 7.47. The van der Waals surface area contributed by atoms with Crippen LogP contribution in [0.3, 0.4) is 0 Å². The average Bonchev–Trinajstić information content (AvgIpc) is 2.97. The second kappa shape index (κ2) is 7.57. The van der Waals surface area contributed by atoms with Crippen LogP contribution in [-0.2, 0) is 6.18 Å². The Balaban J connectivity index is 2.09. The highest BCUT2D eigenvalue weighted by atomic mass is 32.1. The number of hydrogen-bond donors (Lipinski definition) is 2. The predicted octanol–water partition coefficient (Wildman–Crippen LogP) is 2.79. The van der Waals surface area contributed by atoms with Crippen LogP contribution in [0.1, 0.15) is 5.01 Å². The SMILES string of the molecule is OCCNCCOc1ccccc1-c1csc(C(F)(F)F)n1. The highest BCUT2D eigenvalue weighted by molar-refractivity contribution is 7.10. The van der Waals surface area contributed by atoms with E-state index in [1.165, 1.54) is 5.38 Å². The summed E-state index contributed by atoms with van der Waals surface area (Å²) in [6.07, 6.45) is -4.44. The van der Waals surface area contributed by atoms with E-state index in [2.05, 4.69) is 10.3 Å². The molecule has 0 radical (unpaired) electrons. The molecule has 0 saturated heterocycles. The van der Waals surface area contributed by atoms with Crippen LogP contribution in [0.2, 0.25) is 0 Å². The van der Waals surface area contributed by atoms with Crippen molar-refractivity contribution in [2.24, 2.45) is 0 Å². The third-order valence-electron chi connectivity index (χ3n) is 2.73. The van der Waals surface area contributed by atoms with Gasteiger partial charge in [-0.25, -0.2) is 4.98 Å². The molecule has 0 aliphatic heterocycles. The number of ether oxygens (including phenoxy) is 1. The maximum Gasteiger partial charge on any atom is 0.443 e. The van der Waals surface area contributed by atoms with E-state index < -0.39 is 11.2 Å². The first-order chi connectivity index (χ1) is 10.5. The third kappa shape index (κ3) is 4.43. The van der Waals surface area contributed by atoms with Gasteiger partial charge in [0.15, 0.2) is 5.01 Å². The summed E-state index contributed by atoms with van der Waals surface area (Å²) in [6, 6.07) is 6.83. The molecule has 0 amide bonds. The Hall–Kier alpha value is -1.64. The molecular weight excluding hydrogens is 317 g/mol. The number of thiazole rings is 1. The van der Waals surface area contributed by atoms with Gasteiger partial charge in [-0.15, -0.1) is 11.3 Å². The fourth-order valence-electron chi connectivity index (χ4n) is 1.77. The fourth-order valence-corrected chi connectivity index (χ4v) is 2.46. The van der Waals surface area contributed by atoms with Crippen molar-refractivity contribution in [2.45, 2.75) is 6.18 Å². The van der Waals surface area contributed by atoms with E-state index in [9.17, 15) is 13.2 Å². The Kier molecular flexibility index (Phi) is 5.76. The standard InChI is InChI=1S/C14H15F3N2O2S/c15-14(16,17)13-19-11(9-22-13)10-3-1-2-4-12(10)21-8-6-18-5-7-20/h1-4,9,18,20H,5-8H2. The number of hydrogen-bond acceptors (Lipinski definition) is 5. The van der Waals surface area contributed by atoms with Gasteiger partial charge >= 0.3 is 6.18 Å². The zero-order valence-corrected chi connectivity index (χ0v) is 12.4. The monoisotopic (exact) mass is 332 g/mol. The second-order valence-corrected chi connectivity index (χ2v) is 5.21. The molecule has 2 aromatic rings. The second-order valence-electron chi connectivity index (χ2n) is 4.35. The van der Waals surface area contributed by atoms with Crippen LogP contribution < -0.4 is 10.1 Å². The molecule has 1 aromatic carbocycles. The molecule has 0 unspecified atom stereocenters. The number of alkyl halides is 3. The molecule has 0 bridgehead atoms. The molecule has 2 N–H and O–H groups in total. The molecule has 0 aliphatic rings. The lowest BCUT2D eigenvalue weighted by molar-refractivity contribution is -0.137. The van der Waals surface area contributed by atoms with Crippen LogP contribution in [0.25, 0.3) is 11.3 Å². The summed E-state index contributed by atoms with van der Waals surface area (Å²) in [4.78, 5) is 3.63. The van der Waals surface area contributed by atoms with Crippen molar-refractivity contribution in [2.75, 3.05) is 26.3 Å². The van der Waals surface area contributed by atoms with Crippen LogP contribution in [0.15, 0.2) is 29.6 Å². The Bertz CT molecular complexity index is 602. The van der Waals surface area contributed by atoms with Gasteiger partial charge in [-0.1, -0.05) is 12.1 Å². The first-order valence-electron chi connectivity index (χ1n) is 6.59. The molecule has 0 fully saturated rings. The molecule has 0 spiro atoms. The van der Waals surface area contributed by atoms with E-state index in [4.69, 9.17) is 9.84 Å². The molecule has 0 saturated carbocycles. The summed E-state index contributed by atoms with van der Waals surface area (Å²) < 4.78 is 43.5. The van der Waals surface area contributed by atoms with Crippen molar-refractivity contribution in [1.82, 2.24) is 10.3 Å². The lowest BCUT2D eigenvalue weighted by Crippen LogP contribution is -2.24. The van der Waals surface area contributed by atoms with Crippen molar-refractivity contribution in [3.8, 4) is 17.0 Å². The lowest BCUT2D eigenvalue weighted by atomic mass is 10.1. The predicted molar refractivity (Wildman–Crippen MR) is 78.0 cm³/mol. The smallest absolute Gasteiger partial charge is 0.443 e. The molecule has 0 atom stereocenters. The van der Waals surface area contributed by atoms with Crippen molar-refractivity contribution < 1.29 is 23.0 Å². The minimum atomic E-state index is -4.44. The minimum Gasteiger partial charge on any atom is -0.492 e. The molecule has 0 aliphatic carbocycles. The number of para-hydroxylation sites is 1. The summed E-state index contributed by atoms with van der Waals surface area (Å²) in [6.45, 7) is 1.37. The molecule has 1 aromatic heterocycles. The molecular formula is C14H15F3N2O2S. The number of aliphatic hydroxyl groups is 1. The van der Waals surface area contributed by atoms with Gasteiger partial charge in [0.05, 0.1) is 12.3 Å². The van der Waals surface area contributed by atoms with E-state index in [0.29, 0.717) is 42.3 Å². The summed E-state index contributed by atoms with van der Waals surface area (Å²) in [5.41, 5.74) is 0.771. The van der Waals surface area contributed by atoms with Crippen LogP contribution in [-0.4, -0.2) is 36.4 Å². The van der Waals surface area contributed by atoms with Crippen molar-refractivity contribution in [3.63, 3.8) is 0 Å². The van der Waals surface area contributed by atoms with Gasteiger partial charge in [0.1, 0.15) is 12.4 Å². The maximum absolute atomic E-state index is 12.6. The Morgan fingerprint density at radius 3 is 2.68 bits per heavy atom. The Labute approximate surface area is 129 Å². The largest absolute Gasteiger partial charge is 0.492 e. The maximum atomic E-state index is 12.6. The van der Waals surface area contributed by atoms with Crippen molar-refractivity contribution >= 4 is 11.3 Å². The van der Waals surface area contributed by atoms with E-state index in [0.717, 1.165) is 0 Å². The number of halogens is 3. The normalized spacial score (nSPS) is 11.6. The Morgan fingerprint density at radius 1 is 1.23 bits per heavy atom. The van der Waals surface area contributed by atoms with E-state index in [1.54, 1.807) is 24.3 Å². The zero-order chi connectivity index (χ0) is 16.0. The number of aromatic nitrogens is 1. The number of rotatable bonds is 7. The number of benzene rings is 1. The molecule has 2 rings (SSSR count). The molecule has 1 heterocycles. The number of nitrogens with one attached hydrogen (secondary N) is 1. The highest BCUT2D eigenvalue weighted by Crippen LogP contribution is 2.36. The van der Waals surface area contributed by atoms with Gasteiger partial charge in [0.2, 0.25) is 0 Å². The zero-order valence-electron chi connectivity index (χ0n) is 11.6. The quantitative estimate of drug-likeness (QED) is 0.766. The van der Waals surface area contributed by atoms with Gasteiger partial charge in [-0.2, -0.15) is 13.2 Å². The van der Waals surface area contributed by atoms with E-state index in [1.807, 2.05) is 0 Å². The number of nitrogens with zero attached hydrogens (tertiary/aromatic N) is 1. The molecule has 22 heavy (non-hydrogen) atoms. The molecule has 8 heteroatoms. The van der Waals surface area contributed by atoms with E-state index in [-0.39, 0.29) is 12.3 Å². The summed E-state index contributed by atoms with van der Waals surface area (Å²) >= 11 is 0.563. The third-order valence-corrected chi connectivity index (χ3v) is 3.62. The lowest BCUT2D eigenvalue weighted by Gasteiger charge is -2.10. The first kappa shape index (κ1) is 16.7. The highest BCUT2D eigenvalue weighted by Gasteiger charge is 2.34. The number of aliphatic hydroxyl groups excluding tert-OH is 1. The van der Waals surface area contributed by atoms with Gasteiger partial charge in [0.25, 0.3) is 0 Å².